The molecule has 0 fully saturated rings. The van der Waals surface area contributed by atoms with Crippen LogP contribution in [0, 0.1) is 6.92 Å². The van der Waals surface area contributed by atoms with Crippen molar-refractivity contribution in [1.29, 1.82) is 0 Å². The van der Waals surface area contributed by atoms with Gasteiger partial charge in [0.15, 0.2) is 0 Å². The van der Waals surface area contributed by atoms with Crippen molar-refractivity contribution in [2.75, 3.05) is 7.11 Å². The second-order valence-electron chi connectivity index (χ2n) is 3.96. The molecule has 18 heavy (non-hydrogen) atoms. The van der Waals surface area contributed by atoms with Crippen LogP contribution < -0.4 is 4.74 Å². The molecule has 4 heteroatoms. The van der Waals surface area contributed by atoms with E-state index in [1.807, 2.05) is 25.1 Å². The van der Waals surface area contributed by atoms with E-state index in [2.05, 4.69) is 0 Å². The maximum absolute atomic E-state index is 6.05. The lowest BCUT2D eigenvalue weighted by Crippen LogP contribution is -1.89. The summed E-state index contributed by atoms with van der Waals surface area (Å²) in [5.74, 6) is 0.773. The van der Waals surface area contributed by atoms with Crippen LogP contribution in [-0.2, 0) is 0 Å². The van der Waals surface area contributed by atoms with Gasteiger partial charge in [-0.2, -0.15) is 0 Å². The molecule has 0 saturated carbocycles. The molecular formula is C14H11Cl3O. The number of ether oxygens (including phenoxy) is 1. The normalized spacial score (nSPS) is 10.5. The predicted octanol–water partition coefficient (Wildman–Crippen LogP) is 5.63. The van der Waals surface area contributed by atoms with Crippen molar-refractivity contribution in [3.05, 3.63) is 51.0 Å². The van der Waals surface area contributed by atoms with Crippen molar-refractivity contribution in [3.8, 4) is 16.9 Å². The highest BCUT2D eigenvalue weighted by Gasteiger charge is 2.11. The average molecular weight is 302 g/mol. The maximum Gasteiger partial charge on any atom is 0.126 e. The molecule has 0 aliphatic rings. The van der Waals surface area contributed by atoms with Crippen LogP contribution in [0.5, 0.6) is 5.75 Å². The third kappa shape index (κ3) is 2.59. The fraction of sp³-hybridized carbons (Fsp3) is 0.143. The second kappa shape index (κ2) is 5.40. The van der Waals surface area contributed by atoms with Gasteiger partial charge in [-0.15, -0.1) is 0 Å². The van der Waals surface area contributed by atoms with E-state index in [4.69, 9.17) is 39.5 Å². The van der Waals surface area contributed by atoms with Crippen LogP contribution in [-0.4, -0.2) is 7.11 Å². The zero-order chi connectivity index (χ0) is 13.3. The topological polar surface area (TPSA) is 9.23 Å². The number of rotatable bonds is 2. The Morgan fingerprint density at radius 2 is 1.56 bits per heavy atom. The van der Waals surface area contributed by atoms with Crippen molar-refractivity contribution in [2.24, 2.45) is 0 Å². The van der Waals surface area contributed by atoms with E-state index in [0.29, 0.717) is 15.1 Å². The average Bonchev–Trinajstić information content (AvgIpc) is 2.35. The van der Waals surface area contributed by atoms with Gasteiger partial charge < -0.3 is 4.74 Å². The van der Waals surface area contributed by atoms with Crippen LogP contribution in [0.1, 0.15) is 5.56 Å². The van der Waals surface area contributed by atoms with Gasteiger partial charge in [0.25, 0.3) is 0 Å². The first-order chi connectivity index (χ1) is 8.52. The smallest absolute Gasteiger partial charge is 0.126 e. The Bertz CT molecular complexity index is 571. The van der Waals surface area contributed by atoms with Gasteiger partial charge in [-0.1, -0.05) is 46.4 Å². The highest BCUT2D eigenvalue weighted by molar-refractivity contribution is 6.48. The molecule has 0 amide bonds. The van der Waals surface area contributed by atoms with E-state index in [1.54, 1.807) is 19.2 Å². The van der Waals surface area contributed by atoms with E-state index in [0.717, 1.165) is 22.4 Å². The molecule has 94 valence electrons. The number of methoxy groups -OCH3 is 1. The summed E-state index contributed by atoms with van der Waals surface area (Å²) < 4.78 is 5.35. The quantitative estimate of drug-likeness (QED) is 0.653. The first-order valence-corrected chi connectivity index (χ1v) is 6.46. The highest BCUT2D eigenvalue weighted by atomic mass is 35.5. The lowest BCUT2D eigenvalue weighted by atomic mass is 10.0. The Kier molecular flexibility index (Phi) is 4.06. The Balaban J connectivity index is 2.65. The van der Waals surface area contributed by atoms with Gasteiger partial charge in [0.1, 0.15) is 5.75 Å². The molecule has 0 radical (unpaired) electrons. The SMILES string of the molecule is COc1ccc(C)cc1-c1cc(Cl)c(Cl)c(Cl)c1. The van der Waals surface area contributed by atoms with Gasteiger partial charge in [-0.05, 0) is 36.8 Å². The monoisotopic (exact) mass is 300 g/mol. The van der Waals surface area contributed by atoms with E-state index >= 15 is 0 Å². The van der Waals surface area contributed by atoms with E-state index in [1.165, 1.54) is 0 Å². The summed E-state index contributed by atoms with van der Waals surface area (Å²) in [6.07, 6.45) is 0. The maximum atomic E-state index is 6.05. The highest BCUT2D eigenvalue weighted by Crippen LogP contribution is 2.38. The Morgan fingerprint density at radius 3 is 2.11 bits per heavy atom. The lowest BCUT2D eigenvalue weighted by Gasteiger charge is -2.11. The summed E-state index contributed by atoms with van der Waals surface area (Å²) in [6.45, 7) is 2.02. The van der Waals surface area contributed by atoms with Gasteiger partial charge in [0.2, 0.25) is 0 Å². The number of aryl methyl sites for hydroxylation is 1. The van der Waals surface area contributed by atoms with E-state index < -0.39 is 0 Å². The van der Waals surface area contributed by atoms with Gasteiger partial charge in [-0.3, -0.25) is 0 Å². The van der Waals surface area contributed by atoms with Crippen molar-refractivity contribution in [2.45, 2.75) is 6.92 Å². The fourth-order valence-electron chi connectivity index (χ4n) is 1.76. The zero-order valence-electron chi connectivity index (χ0n) is 9.93. The standard InChI is InChI=1S/C14H11Cl3O/c1-8-3-4-13(18-2)10(5-8)9-6-11(15)14(17)12(16)7-9/h3-7H,1-2H3. The molecule has 0 aliphatic carbocycles. The minimum atomic E-state index is 0.369. The summed E-state index contributed by atoms with van der Waals surface area (Å²) in [7, 11) is 1.63. The number of hydrogen-bond acceptors (Lipinski definition) is 1. The molecule has 0 heterocycles. The van der Waals surface area contributed by atoms with Gasteiger partial charge in [-0.25, -0.2) is 0 Å². The van der Waals surface area contributed by atoms with Crippen molar-refractivity contribution in [3.63, 3.8) is 0 Å². The number of halogens is 3. The molecule has 2 aromatic rings. The van der Waals surface area contributed by atoms with Gasteiger partial charge in [0.05, 0.1) is 22.2 Å². The summed E-state index contributed by atoms with van der Waals surface area (Å²) in [6, 6.07) is 9.50. The second-order valence-corrected chi connectivity index (χ2v) is 5.15. The Labute approximate surface area is 121 Å². The van der Waals surface area contributed by atoms with E-state index in [9.17, 15) is 0 Å². The van der Waals surface area contributed by atoms with Crippen LogP contribution in [0.2, 0.25) is 15.1 Å². The molecule has 1 nitrogen and oxygen atoms in total. The molecule has 0 bridgehead atoms. The first kappa shape index (κ1) is 13.5. The molecule has 0 aromatic heterocycles. The third-order valence-electron chi connectivity index (χ3n) is 2.65. The van der Waals surface area contributed by atoms with Gasteiger partial charge in [0, 0.05) is 5.56 Å². The number of hydrogen-bond donors (Lipinski definition) is 0. The minimum absolute atomic E-state index is 0.369. The van der Waals surface area contributed by atoms with Gasteiger partial charge >= 0.3 is 0 Å². The summed E-state index contributed by atoms with van der Waals surface area (Å²) in [4.78, 5) is 0. The van der Waals surface area contributed by atoms with Crippen LogP contribution in [0.3, 0.4) is 0 Å². The Morgan fingerprint density at radius 1 is 0.944 bits per heavy atom. The first-order valence-electron chi connectivity index (χ1n) is 5.32. The summed E-state index contributed by atoms with van der Waals surface area (Å²) in [5.41, 5.74) is 2.96. The Hall–Kier alpha value is -0.890. The molecule has 0 unspecified atom stereocenters. The molecule has 0 spiro atoms. The number of benzene rings is 2. The molecule has 0 saturated heterocycles. The lowest BCUT2D eigenvalue weighted by molar-refractivity contribution is 0.416. The molecule has 0 N–H and O–H groups in total. The van der Waals surface area contributed by atoms with Crippen molar-refractivity contribution in [1.82, 2.24) is 0 Å². The van der Waals surface area contributed by atoms with Crippen LogP contribution >= 0.6 is 34.8 Å². The van der Waals surface area contributed by atoms with Crippen LogP contribution in [0.4, 0.5) is 0 Å². The minimum Gasteiger partial charge on any atom is -0.496 e. The molecule has 0 aliphatic heterocycles. The summed E-state index contributed by atoms with van der Waals surface area (Å²) in [5, 5.41) is 1.24. The predicted molar refractivity (Wildman–Crippen MR) is 78.2 cm³/mol. The molecular weight excluding hydrogens is 291 g/mol. The summed E-state index contributed by atoms with van der Waals surface area (Å²) >= 11 is 18.0. The van der Waals surface area contributed by atoms with Crippen LogP contribution in [0.15, 0.2) is 30.3 Å². The molecule has 2 rings (SSSR count). The largest absolute Gasteiger partial charge is 0.496 e. The van der Waals surface area contributed by atoms with E-state index in [-0.39, 0.29) is 0 Å². The third-order valence-corrected chi connectivity index (χ3v) is 3.85. The zero-order valence-corrected chi connectivity index (χ0v) is 12.2. The molecule has 2 aromatic carbocycles. The van der Waals surface area contributed by atoms with Crippen LogP contribution in [0.25, 0.3) is 11.1 Å². The van der Waals surface area contributed by atoms with Crippen molar-refractivity contribution >= 4 is 34.8 Å². The van der Waals surface area contributed by atoms with Crippen molar-refractivity contribution < 1.29 is 4.74 Å². The molecule has 0 atom stereocenters. The fourth-order valence-corrected chi connectivity index (χ4v) is 2.35.